The summed E-state index contributed by atoms with van der Waals surface area (Å²) in [4.78, 5) is 30.6. The monoisotopic (exact) mass is 337 g/mol. The molecule has 0 aliphatic carbocycles. The van der Waals surface area contributed by atoms with Gasteiger partial charge in [0.1, 0.15) is 0 Å². The van der Waals surface area contributed by atoms with Crippen molar-refractivity contribution in [2.24, 2.45) is 7.05 Å². The summed E-state index contributed by atoms with van der Waals surface area (Å²) < 4.78 is 8.08. The number of aliphatic hydroxyl groups is 1. The van der Waals surface area contributed by atoms with E-state index in [1.165, 1.54) is 11.6 Å². The van der Waals surface area contributed by atoms with Gasteiger partial charge >= 0.3 is 5.69 Å². The summed E-state index contributed by atoms with van der Waals surface area (Å²) in [6.07, 6.45) is 1.62. The lowest BCUT2D eigenvalue weighted by molar-refractivity contribution is 0.0405. The predicted octanol–water partition coefficient (Wildman–Crippen LogP) is -0.191. The Morgan fingerprint density at radius 1 is 1.50 bits per heavy atom. The summed E-state index contributed by atoms with van der Waals surface area (Å²) in [6, 6.07) is 0. The first kappa shape index (κ1) is 18.0. The number of rotatable bonds is 9. The molecule has 3 N–H and O–H groups in total. The zero-order chi connectivity index (χ0) is 17.7. The molecule has 0 aliphatic heterocycles. The van der Waals surface area contributed by atoms with Gasteiger partial charge in [-0.3, -0.25) is 14.3 Å². The first-order valence-corrected chi connectivity index (χ1v) is 7.79. The summed E-state index contributed by atoms with van der Waals surface area (Å²) in [5.74, 6) is 0.432. The molecule has 0 bridgehead atoms. The van der Waals surface area contributed by atoms with Crippen molar-refractivity contribution < 1.29 is 9.84 Å². The number of nitrogens with zero attached hydrogens (tertiary/aromatic N) is 3. The third-order valence-electron chi connectivity index (χ3n) is 3.48. The molecule has 0 amide bonds. The van der Waals surface area contributed by atoms with E-state index in [4.69, 9.17) is 4.74 Å². The second-order valence-electron chi connectivity index (χ2n) is 5.44. The van der Waals surface area contributed by atoms with Crippen LogP contribution < -0.4 is 16.6 Å². The van der Waals surface area contributed by atoms with Crippen LogP contribution in [0.15, 0.2) is 22.2 Å². The number of fused-ring (bicyclic) bond motifs is 1. The lowest BCUT2D eigenvalue weighted by atomic mass is 10.3. The van der Waals surface area contributed by atoms with Crippen LogP contribution >= 0.6 is 0 Å². The van der Waals surface area contributed by atoms with Crippen LogP contribution in [0.25, 0.3) is 11.2 Å². The SMILES string of the molecule is C=CCOCC(O)Cn1c(NCCC)nc2c1c(=O)[nH]c(=O)n2C. The van der Waals surface area contributed by atoms with Crippen molar-refractivity contribution in [1.82, 2.24) is 19.1 Å². The molecular weight excluding hydrogens is 314 g/mol. The zero-order valence-electron chi connectivity index (χ0n) is 13.9. The number of imidazole rings is 1. The number of aromatic nitrogens is 4. The van der Waals surface area contributed by atoms with E-state index in [9.17, 15) is 14.7 Å². The van der Waals surface area contributed by atoms with Crippen molar-refractivity contribution in [1.29, 1.82) is 0 Å². The fraction of sp³-hybridized carbons (Fsp3) is 0.533. The van der Waals surface area contributed by atoms with Crippen LogP contribution in [0.3, 0.4) is 0 Å². The molecule has 24 heavy (non-hydrogen) atoms. The molecule has 2 aromatic rings. The molecule has 1 atom stereocenters. The zero-order valence-corrected chi connectivity index (χ0v) is 13.9. The number of aliphatic hydroxyl groups excluding tert-OH is 1. The maximum atomic E-state index is 12.2. The maximum absolute atomic E-state index is 12.2. The van der Waals surface area contributed by atoms with Crippen molar-refractivity contribution in [3.63, 3.8) is 0 Å². The molecule has 1 unspecified atom stereocenters. The quantitative estimate of drug-likeness (QED) is 0.432. The standard InChI is InChI=1S/C15H23N5O4/c1-4-6-16-14-17-12-11(13(22)18-15(23)19(12)3)20(14)8-10(21)9-24-7-5-2/h5,10,21H,2,4,6-9H2,1,3H3,(H,16,17)(H,18,22,23). The Hall–Kier alpha value is -2.39. The van der Waals surface area contributed by atoms with Gasteiger partial charge in [-0.2, -0.15) is 4.98 Å². The van der Waals surface area contributed by atoms with Crippen molar-refractivity contribution in [2.75, 3.05) is 25.1 Å². The summed E-state index contributed by atoms with van der Waals surface area (Å²) >= 11 is 0. The number of hydrogen-bond acceptors (Lipinski definition) is 6. The Morgan fingerprint density at radius 2 is 2.25 bits per heavy atom. The van der Waals surface area contributed by atoms with Gasteiger partial charge in [-0.1, -0.05) is 13.0 Å². The molecule has 2 heterocycles. The number of anilines is 1. The summed E-state index contributed by atoms with van der Waals surface area (Å²) in [5, 5.41) is 13.3. The molecular formula is C15H23N5O4. The lowest BCUT2D eigenvalue weighted by Crippen LogP contribution is -2.30. The molecule has 0 saturated carbocycles. The second-order valence-corrected chi connectivity index (χ2v) is 5.44. The van der Waals surface area contributed by atoms with Gasteiger partial charge in [0.25, 0.3) is 5.56 Å². The molecule has 0 aliphatic rings. The predicted molar refractivity (Wildman–Crippen MR) is 91.4 cm³/mol. The first-order chi connectivity index (χ1) is 11.5. The second kappa shape index (κ2) is 7.93. The minimum atomic E-state index is -0.832. The lowest BCUT2D eigenvalue weighted by Gasteiger charge is -2.14. The minimum Gasteiger partial charge on any atom is -0.389 e. The maximum Gasteiger partial charge on any atom is 0.329 e. The van der Waals surface area contributed by atoms with Crippen molar-refractivity contribution in [3.05, 3.63) is 33.5 Å². The van der Waals surface area contributed by atoms with Gasteiger partial charge in [-0.15, -0.1) is 6.58 Å². The molecule has 9 nitrogen and oxygen atoms in total. The van der Waals surface area contributed by atoms with E-state index in [0.717, 1.165) is 6.42 Å². The van der Waals surface area contributed by atoms with Crippen LogP contribution in [0.1, 0.15) is 13.3 Å². The van der Waals surface area contributed by atoms with E-state index in [-0.39, 0.29) is 24.3 Å². The van der Waals surface area contributed by atoms with E-state index in [0.29, 0.717) is 19.1 Å². The number of H-pyrrole nitrogens is 1. The minimum absolute atomic E-state index is 0.0998. The Labute approximate surface area is 138 Å². The van der Waals surface area contributed by atoms with Gasteiger partial charge in [0.05, 0.1) is 25.9 Å². The number of aromatic amines is 1. The molecule has 9 heteroatoms. The molecule has 0 radical (unpaired) electrons. The molecule has 0 fully saturated rings. The normalized spacial score (nSPS) is 12.5. The third kappa shape index (κ3) is 3.74. The average Bonchev–Trinajstić information content (AvgIpc) is 2.90. The molecule has 2 aromatic heterocycles. The highest BCUT2D eigenvalue weighted by molar-refractivity contribution is 5.74. The van der Waals surface area contributed by atoms with Crippen molar-refractivity contribution in [2.45, 2.75) is 26.0 Å². The van der Waals surface area contributed by atoms with Gasteiger partial charge in [0, 0.05) is 13.6 Å². The number of aryl methyl sites for hydroxylation is 1. The topological polar surface area (TPSA) is 114 Å². The van der Waals surface area contributed by atoms with Crippen LogP contribution in [0.4, 0.5) is 5.95 Å². The van der Waals surface area contributed by atoms with Crippen molar-refractivity contribution >= 4 is 17.1 Å². The highest BCUT2D eigenvalue weighted by Gasteiger charge is 2.19. The van der Waals surface area contributed by atoms with Crippen molar-refractivity contribution in [3.8, 4) is 0 Å². The van der Waals surface area contributed by atoms with E-state index >= 15 is 0 Å². The molecule has 132 valence electrons. The Bertz CT molecular complexity index is 820. The Kier molecular flexibility index (Phi) is 5.93. The third-order valence-corrected chi connectivity index (χ3v) is 3.48. The smallest absolute Gasteiger partial charge is 0.329 e. The number of nitrogens with one attached hydrogen (secondary N) is 2. The van der Waals surface area contributed by atoms with Gasteiger partial charge in [-0.25, -0.2) is 4.79 Å². The highest BCUT2D eigenvalue weighted by Crippen LogP contribution is 2.16. The van der Waals surface area contributed by atoms with E-state index in [1.807, 2.05) is 6.92 Å². The summed E-state index contributed by atoms with van der Waals surface area (Å²) in [7, 11) is 1.53. The molecule has 0 spiro atoms. The van der Waals surface area contributed by atoms with Gasteiger partial charge < -0.3 is 19.7 Å². The van der Waals surface area contributed by atoms with Crippen LogP contribution in [0.2, 0.25) is 0 Å². The fourth-order valence-corrected chi connectivity index (χ4v) is 2.33. The van der Waals surface area contributed by atoms with E-state index in [1.54, 1.807) is 10.6 Å². The molecule has 2 rings (SSSR count). The Morgan fingerprint density at radius 3 is 2.92 bits per heavy atom. The Balaban J connectivity index is 2.44. The van der Waals surface area contributed by atoms with Crippen LogP contribution in [-0.2, 0) is 18.3 Å². The van der Waals surface area contributed by atoms with E-state index < -0.39 is 17.4 Å². The highest BCUT2D eigenvalue weighted by atomic mass is 16.5. The summed E-state index contributed by atoms with van der Waals surface area (Å²) in [5.41, 5.74) is -0.571. The summed E-state index contributed by atoms with van der Waals surface area (Å²) in [6.45, 7) is 6.74. The van der Waals surface area contributed by atoms with Crippen LogP contribution in [0.5, 0.6) is 0 Å². The number of hydrogen-bond donors (Lipinski definition) is 3. The van der Waals surface area contributed by atoms with Crippen LogP contribution in [-0.4, -0.2) is 50.1 Å². The average molecular weight is 337 g/mol. The van der Waals surface area contributed by atoms with Crippen LogP contribution in [0, 0.1) is 0 Å². The first-order valence-electron chi connectivity index (χ1n) is 7.79. The van der Waals surface area contributed by atoms with E-state index in [2.05, 4.69) is 21.9 Å². The fourth-order valence-electron chi connectivity index (χ4n) is 2.33. The number of ether oxygens (including phenoxy) is 1. The molecule has 0 saturated heterocycles. The van der Waals surface area contributed by atoms with Gasteiger partial charge in [0.15, 0.2) is 11.2 Å². The van der Waals surface area contributed by atoms with Gasteiger partial charge in [-0.05, 0) is 6.42 Å². The molecule has 0 aromatic carbocycles. The van der Waals surface area contributed by atoms with Gasteiger partial charge in [0.2, 0.25) is 5.95 Å². The largest absolute Gasteiger partial charge is 0.389 e.